The van der Waals surface area contributed by atoms with Crippen LogP contribution in [0.2, 0.25) is 0 Å². The summed E-state index contributed by atoms with van der Waals surface area (Å²) in [5.74, 6) is -0.594. The molecule has 1 aliphatic heterocycles. The van der Waals surface area contributed by atoms with E-state index in [0.717, 1.165) is 0 Å². The van der Waals surface area contributed by atoms with Gasteiger partial charge in [-0.15, -0.1) is 6.58 Å². The Morgan fingerprint density at radius 1 is 1.71 bits per heavy atom. The van der Waals surface area contributed by atoms with Crippen molar-refractivity contribution in [2.24, 2.45) is 0 Å². The summed E-state index contributed by atoms with van der Waals surface area (Å²) >= 11 is 1.03. The molecule has 1 aromatic carbocycles. The molecule has 3 unspecified atom stereocenters. The van der Waals surface area contributed by atoms with E-state index in [4.69, 9.17) is 4.18 Å². The zero-order chi connectivity index (χ0) is 15.8. The third-order valence-corrected chi connectivity index (χ3v) is 5.15. The van der Waals surface area contributed by atoms with Crippen LogP contribution in [-0.2, 0) is 21.0 Å². The Hall–Kier alpha value is -1.25. The lowest BCUT2D eigenvalue weighted by Gasteiger charge is -2.33. The predicted octanol–water partition coefficient (Wildman–Crippen LogP) is 3.34. The quantitative estimate of drug-likeness (QED) is 0.820. The average Bonchev–Trinajstić information content (AvgIpc) is 2.65. The van der Waals surface area contributed by atoms with Gasteiger partial charge < -0.3 is 5.11 Å². The Morgan fingerprint density at radius 3 is 2.95 bits per heavy atom. The fourth-order valence-corrected chi connectivity index (χ4v) is 3.94. The summed E-state index contributed by atoms with van der Waals surface area (Å²) in [5, 5.41) is 9.32. The predicted molar refractivity (Wildman–Crippen MR) is 79.1 cm³/mol. The van der Waals surface area contributed by atoms with Crippen LogP contribution in [0.25, 0.3) is 0 Å². The summed E-state index contributed by atoms with van der Waals surface area (Å²) in [7, 11) is 0. The highest BCUT2D eigenvalue weighted by Gasteiger charge is 2.55. The minimum absolute atomic E-state index is 0.0944. The van der Waals surface area contributed by atoms with Crippen LogP contribution in [0, 0.1) is 5.82 Å². The second-order valence-electron chi connectivity index (χ2n) is 4.67. The second kappa shape index (κ2) is 5.86. The lowest BCUT2D eigenvalue weighted by atomic mass is 9.84. The SMILES string of the molecule is C=CCC1OS(=O)N(C(=O)O)C1(C)c1cc(Br)ccc1F. The molecule has 5 nitrogen and oxygen atoms in total. The third kappa shape index (κ3) is 2.63. The first kappa shape index (κ1) is 16.1. The maximum atomic E-state index is 14.2. The molecule has 1 heterocycles. The molecule has 2 rings (SSSR count). The van der Waals surface area contributed by atoms with E-state index in [1.165, 1.54) is 31.2 Å². The first-order valence-corrected chi connectivity index (χ1v) is 7.83. The second-order valence-corrected chi connectivity index (χ2v) is 6.58. The minimum atomic E-state index is -2.20. The maximum absolute atomic E-state index is 14.2. The molecular formula is C13H13BrFNO4S. The molecule has 0 radical (unpaired) electrons. The molecular weight excluding hydrogens is 365 g/mol. The Labute approximate surface area is 132 Å². The number of halogens is 2. The number of benzene rings is 1. The molecule has 0 saturated carbocycles. The van der Waals surface area contributed by atoms with E-state index in [1.807, 2.05) is 0 Å². The summed E-state index contributed by atoms with van der Waals surface area (Å²) in [5.41, 5.74) is -1.32. The van der Waals surface area contributed by atoms with Crippen LogP contribution in [0.3, 0.4) is 0 Å². The number of amides is 1. The lowest BCUT2D eigenvalue weighted by molar-refractivity contribution is 0.0982. The zero-order valence-electron chi connectivity index (χ0n) is 11.1. The molecule has 1 N–H and O–H groups in total. The van der Waals surface area contributed by atoms with Gasteiger partial charge in [-0.3, -0.25) is 4.18 Å². The van der Waals surface area contributed by atoms with E-state index in [-0.39, 0.29) is 12.0 Å². The van der Waals surface area contributed by atoms with Gasteiger partial charge in [0.1, 0.15) is 17.5 Å². The van der Waals surface area contributed by atoms with Crippen molar-refractivity contribution in [3.8, 4) is 0 Å². The number of hydrogen-bond acceptors (Lipinski definition) is 3. The van der Waals surface area contributed by atoms with Gasteiger partial charge in [0.2, 0.25) is 0 Å². The van der Waals surface area contributed by atoms with Crippen molar-refractivity contribution in [3.63, 3.8) is 0 Å². The number of nitrogens with zero attached hydrogens (tertiary/aromatic N) is 1. The Bertz CT molecular complexity index is 626. The van der Waals surface area contributed by atoms with Crippen molar-refractivity contribution in [1.29, 1.82) is 0 Å². The largest absolute Gasteiger partial charge is 0.464 e. The standard InChI is InChI=1S/C13H13BrFNO4S/c1-3-4-11-13(2,16(12(17)18)21(19)20-11)9-7-8(14)5-6-10(9)15/h3,5-7,11H,1,4H2,2H3,(H,17,18). The Balaban J connectivity index is 2.66. The van der Waals surface area contributed by atoms with Crippen molar-refractivity contribution in [3.05, 3.63) is 46.7 Å². The topological polar surface area (TPSA) is 66.8 Å². The van der Waals surface area contributed by atoms with Gasteiger partial charge >= 0.3 is 6.09 Å². The monoisotopic (exact) mass is 377 g/mol. The number of rotatable bonds is 3. The molecule has 0 aromatic heterocycles. The van der Waals surface area contributed by atoms with Crippen LogP contribution in [0.1, 0.15) is 18.9 Å². The number of hydrogen-bond donors (Lipinski definition) is 1. The zero-order valence-corrected chi connectivity index (χ0v) is 13.5. The van der Waals surface area contributed by atoms with Crippen LogP contribution >= 0.6 is 15.9 Å². The van der Waals surface area contributed by atoms with Crippen molar-refractivity contribution < 1.29 is 22.7 Å². The van der Waals surface area contributed by atoms with Gasteiger partial charge in [-0.05, 0) is 31.5 Å². The van der Waals surface area contributed by atoms with Crippen LogP contribution in [-0.4, -0.2) is 25.8 Å². The highest BCUT2D eigenvalue weighted by molar-refractivity contribution is 9.10. The average molecular weight is 378 g/mol. The first-order chi connectivity index (χ1) is 9.82. The van der Waals surface area contributed by atoms with E-state index >= 15 is 0 Å². The molecule has 1 amide bonds. The summed E-state index contributed by atoms with van der Waals surface area (Å²) in [6, 6.07) is 4.19. The first-order valence-electron chi connectivity index (χ1n) is 6.01. The van der Waals surface area contributed by atoms with Crippen molar-refractivity contribution in [2.45, 2.75) is 25.0 Å². The van der Waals surface area contributed by atoms with Crippen molar-refractivity contribution in [1.82, 2.24) is 4.31 Å². The molecule has 1 fully saturated rings. The summed E-state index contributed by atoms with van der Waals surface area (Å²) in [4.78, 5) is 11.4. The minimum Gasteiger partial charge on any atom is -0.464 e. The normalized spacial score (nSPS) is 28.6. The fourth-order valence-electron chi connectivity index (χ4n) is 2.37. The summed E-state index contributed by atoms with van der Waals surface area (Å²) in [6.45, 7) is 5.06. The van der Waals surface area contributed by atoms with Crippen LogP contribution in [0.4, 0.5) is 9.18 Å². The Morgan fingerprint density at radius 2 is 2.38 bits per heavy atom. The third-order valence-electron chi connectivity index (χ3n) is 3.42. The highest BCUT2D eigenvalue weighted by atomic mass is 79.9. The summed E-state index contributed by atoms with van der Waals surface area (Å²) in [6.07, 6.45) is -0.489. The smallest absolute Gasteiger partial charge is 0.422 e. The number of carboxylic acid groups (broad SMARTS) is 1. The van der Waals surface area contributed by atoms with Gasteiger partial charge in [0, 0.05) is 10.0 Å². The van der Waals surface area contributed by atoms with Gasteiger partial charge in [-0.2, -0.15) is 4.31 Å². The lowest BCUT2D eigenvalue weighted by Crippen LogP contribution is -2.48. The molecule has 1 saturated heterocycles. The van der Waals surface area contributed by atoms with Crippen molar-refractivity contribution >= 4 is 33.3 Å². The van der Waals surface area contributed by atoms with E-state index in [1.54, 1.807) is 0 Å². The fraction of sp³-hybridized carbons (Fsp3) is 0.308. The van der Waals surface area contributed by atoms with Gasteiger partial charge in [-0.25, -0.2) is 13.4 Å². The molecule has 0 bridgehead atoms. The highest BCUT2D eigenvalue weighted by Crippen LogP contribution is 2.44. The van der Waals surface area contributed by atoms with Crippen LogP contribution in [0.5, 0.6) is 0 Å². The van der Waals surface area contributed by atoms with E-state index in [9.17, 15) is 18.5 Å². The van der Waals surface area contributed by atoms with Crippen LogP contribution < -0.4 is 0 Å². The van der Waals surface area contributed by atoms with Gasteiger partial charge in [0.25, 0.3) is 11.3 Å². The van der Waals surface area contributed by atoms with E-state index < -0.39 is 34.8 Å². The van der Waals surface area contributed by atoms with Gasteiger partial charge in [-0.1, -0.05) is 22.0 Å². The van der Waals surface area contributed by atoms with Gasteiger partial charge in [0.15, 0.2) is 0 Å². The molecule has 0 aliphatic carbocycles. The van der Waals surface area contributed by atoms with Gasteiger partial charge in [0.05, 0.1) is 0 Å². The molecule has 1 aromatic rings. The molecule has 3 atom stereocenters. The Kier molecular flexibility index (Phi) is 4.50. The molecule has 21 heavy (non-hydrogen) atoms. The summed E-state index contributed by atoms with van der Waals surface area (Å²) < 4.78 is 32.6. The molecule has 0 spiro atoms. The molecule has 114 valence electrons. The number of carbonyl (C=O) groups is 1. The maximum Gasteiger partial charge on any atom is 0.422 e. The van der Waals surface area contributed by atoms with Crippen LogP contribution in [0.15, 0.2) is 35.3 Å². The van der Waals surface area contributed by atoms with Crippen molar-refractivity contribution in [2.75, 3.05) is 0 Å². The van der Waals surface area contributed by atoms with E-state index in [0.29, 0.717) is 8.78 Å². The molecule has 8 heteroatoms. The van der Waals surface area contributed by atoms with E-state index in [2.05, 4.69) is 22.5 Å². The molecule has 1 aliphatic rings.